The van der Waals surface area contributed by atoms with Crippen LogP contribution in [0, 0.1) is 6.92 Å². The van der Waals surface area contributed by atoms with Crippen molar-refractivity contribution in [3.63, 3.8) is 0 Å². The van der Waals surface area contributed by atoms with Crippen LogP contribution in [0.1, 0.15) is 32.5 Å². The molecule has 1 N–H and O–H groups in total. The number of carbonyl (C=O) groups excluding carboxylic acids is 3. The normalized spacial score (nSPS) is 17.3. The minimum Gasteiger partial charge on any atom is -0.507 e. The smallest absolute Gasteiger partial charge is 0.350 e. The van der Waals surface area contributed by atoms with Crippen molar-refractivity contribution in [3.05, 3.63) is 81.9 Å². The molecule has 0 aliphatic carbocycles. The van der Waals surface area contributed by atoms with Crippen LogP contribution in [-0.4, -0.2) is 42.0 Å². The minimum atomic E-state index is -0.927. The van der Waals surface area contributed by atoms with Gasteiger partial charge in [0.25, 0.3) is 5.78 Å². The predicted molar refractivity (Wildman–Crippen MR) is 122 cm³/mol. The summed E-state index contributed by atoms with van der Waals surface area (Å²) in [5, 5.41) is 11.3. The van der Waals surface area contributed by atoms with Gasteiger partial charge >= 0.3 is 11.9 Å². The zero-order valence-corrected chi connectivity index (χ0v) is 18.9. The van der Waals surface area contributed by atoms with Gasteiger partial charge in [-0.25, -0.2) is 9.78 Å². The maximum atomic E-state index is 13.2. The Bertz CT molecular complexity index is 1260. The van der Waals surface area contributed by atoms with E-state index in [0.29, 0.717) is 22.6 Å². The Morgan fingerprint density at radius 2 is 1.73 bits per heavy atom. The standard InChI is InChI=1S/C24H20N2O6S/c1-13-21(23(30)32-3)33-24(25-13)26-18(14-7-5-4-6-8-14)17(20(28)22(26)29)19(27)15-9-11-16(31-2)12-10-15/h4-12,18,27H,1-3H3/t18-/m0/s1. The van der Waals surface area contributed by atoms with Crippen molar-refractivity contribution < 1.29 is 29.0 Å². The molecule has 8 nitrogen and oxygen atoms in total. The highest BCUT2D eigenvalue weighted by Crippen LogP contribution is 2.43. The molecule has 0 unspecified atom stereocenters. The zero-order valence-electron chi connectivity index (χ0n) is 18.1. The van der Waals surface area contributed by atoms with Crippen LogP contribution in [0.15, 0.2) is 60.2 Å². The summed E-state index contributed by atoms with van der Waals surface area (Å²) >= 11 is 0.955. The SMILES string of the molecule is COC(=O)c1sc(N2C(=O)C(=O)C(=C(O)c3ccc(OC)cc3)[C@@H]2c2ccccc2)nc1C. The van der Waals surface area contributed by atoms with E-state index in [1.807, 2.05) is 6.07 Å². The summed E-state index contributed by atoms with van der Waals surface area (Å²) in [6, 6.07) is 14.4. The number of esters is 1. The van der Waals surface area contributed by atoms with E-state index in [9.17, 15) is 19.5 Å². The lowest BCUT2D eigenvalue weighted by atomic mass is 9.95. The predicted octanol–water partition coefficient (Wildman–Crippen LogP) is 3.87. The number of nitrogens with zero attached hydrogens (tertiary/aromatic N) is 2. The number of Topliss-reactive ketones (excluding diaryl/α,β-unsaturated/α-hetero) is 1. The Morgan fingerprint density at radius 1 is 1.06 bits per heavy atom. The van der Waals surface area contributed by atoms with Crippen LogP contribution in [-0.2, 0) is 14.3 Å². The molecule has 0 spiro atoms. The molecular formula is C24H20N2O6S. The summed E-state index contributed by atoms with van der Waals surface area (Å²) < 4.78 is 9.94. The third-order valence-corrected chi connectivity index (χ3v) is 6.42. The first kappa shape index (κ1) is 22.2. The van der Waals surface area contributed by atoms with Crippen LogP contribution >= 0.6 is 11.3 Å². The maximum Gasteiger partial charge on any atom is 0.350 e. The fraction of sp³-hybridized carbons (Fsp3) is 0.167. The van der Waals surface area contributed by atoms with Crippen LogP contribution in [0.5, 0.6) is 5.75 Å². The molecule has 1 fully saturated rings. The molecule has 9 heteroatoms. The van der Waals surface area contributed by atoms with Crippen LogP contribution in [0.25, 0.3) is 5.76 Å². The molecule has 168 valence electrons. The second kappa shape index (κ2) is 8.87. The lowest BCUT2D eigenvalue weighted by Crippen LogP contribution is -2.29. The fourth-order valence-electron chi connectivity index (χ4n) is 3.65. The van der Waals surface area contributed by atoms with Crippen LogP contribution < -0.4 is 9.64 Å². The van der Waals surface area contributed by atoms with Gasteiger partial charge in [-0.1, -0.05) is 41.7 Å². The number of aromatic nitrogens is 1. The lowest BCUT2D eigenvalue weighted by Gasteiger charge is -2.23. The van der Waals surface area contributed by atoms with Crippen molar-refractivity contribution in [2.45, 2.75) is 13.0 Å². The molecular weight excluding hydrogens is 444 g/mol. The van der Waals surface area contributed by atoms with Gasteiger partial charge in [-0.3, -0.25) is 14.5 Å². The van der Waals surface area contributed by atoms with Crippen molar-refractivity contribution in [2.24, 2.45) is 0 Å². The molecule has 2 heterocycles. The minimum absolute atomic E-state index is 0.0659. The maximum absolute atomic E-state index is 13.2. The summed E-state index contributed by atoms with van der Waals surface area (Å²) in [5.41, 5.74) is 1.29. The molecule has 0 radical (unpaired) electrons. The highest BCUT2D eigenvalue weighted by molar-refractivity contribution is 7.17. The van der Waals surface area contributed by atoms with Gasteiger partial charge in [-0.2, -0.15) is 0 Å². The van der Waals surface area contributed by atoms with E-state index in [4.69, 9.17) is 9.47 Å². The number of hydrogen-bond donors (Lipinski definition) is 1. The van der Waals surface area contributed by atoms with Gasteiger partial charge in [0.15, 0.2) is 5.13 Å². The Hall–Kier alpha value is -3.98. The molecule has 1 aliphatic rings. The van der Waals surface area contributed by atoms with Gasteiger partial charge < -0.3 is 14.6 Å². The Kier molecular flexibility index (Phi) is 5.97. The van der Waals surface area contributed by atoms with Crippen molar-refractivity contribution in [1.82, 2.24) is 4.98 Å². The second-order valence-corrected chi connectivity index (χ2v) is 8.19. The first-order chi connectivity index (χ1) is 15.9. The molecule has 2 aromatic carbocycles. The third-order valence-electron chi connectivity index (χ3n) is 5.29. The number of hydrogen-bond acceptors (Lipinski definition) is 8. The summed E-state index contributed by atoms with van der Waals surface area (Å²) in [6.45, 7) is 1.62. The van der Waals surface area contributed by atoms with Crippen LogP contribution in [0.4, 0.5) is 5.13 Å². The number of thiazole rings is 1. The topological polar surface area (TPSA) is 106 Å². The van der Waals surface area contributed by atoms with Gasteiger partial charge in [-0.05, 0) is 36.8 Å². The van der Waals surface area contributed by atoms with Gasteiger partial charge in [0.2, 0.25) is 0 Å². The van der Waals surface area contributed by atoms with Crippen LogP contribution in [0.3, 0.4) is 0 Å². The highest BCUT2D eigenvalue weighted by atomic mass is 32.1. The number of aliphatic hydroxyl groups excluding tert-OH is 1. The molecule has 4 rings (SSSR count). The number of anilines is 1. The summed E-state index contributed by atoms with van der Waals surface area (Å²) in [6.07, 6.45) is 0. The Labute approximate surface area is 193 Å². The van der Waals surface area contributed by atoms with Crippen molar-refractivity contribution >= 4 is 39.9 Å². The number of aliphatic hydroxyl groups is 1. The van der Waals surface area contributed by atoms with Gasteiger partial charge in [0.05, 0.1) is 31.5 Å². The lowest BCUT2D eigenvalue weighted by molar-refractivity contribution is -0.132. The van der Waals surface area contributed by atoms with E-state index in [0.717, 1.165) is 11.3 Å². The molecule has 1 saturated heterocycles. The number of rotatable bonds is 5. The summed E-state index contributed by atoms with van der Waals surface area (Å²) in [5.74, 6) is -2.00. The average Bonchev–Trinajstić information content (AvgIpc) is 3.35. The molecule has 1 atom stereocenters. The van der Waals surface area contributed by atoms with Gasteiger partial charge in [-0.15, -0.1) is 0 Å². The van der Waals surface area contributed by atoms with Crippen molar-refractivity contribution in [1.29, 1.82) is 0 Å². The van der Waals surface area contributed by atoms with Gasteiger partial charge in [0.1, 0.15) is 16.4 Å². The number of aryl methyl sites for hydroxylation is 1. The molecule has 33 heavy (non-hydrogen) atoms. The quantitative estimate of drug-likeness (QED) is 0.264. The number of ether oxygens (including phenoxy) is 2. The molecule has 1 aromatic heterocycles. The highest BCUT2D eigenvalue weighted by Gasteiger charge is 2.48. The third kappa shape index (κ3) is 3.87. The van der Waals surface area contributed by atoms with Gasteiger partial charge in [0, 0.05) is 5.56 Å². The number of benzene rings is 2. The molecule has 0 bridgehead atoms. The van der Waals surface area contributed by atoms with E-state index in [-0.39, 0.29) is 21.3 Å². The number of methoxy groups -OCH3 is 2. The fourth-order valence-corrected chi connectivity index (χ4v) is 4.66. The number of carbonyl (C=O) groups is 3. The van der Waals surface area contributed by atoms with E-state index in [2.05, 4.69) is 4.98 Å². The van der Waals surface area contributed by atoms with E-state index in [1.165, 1.54) is 19.1 Å². The van der Waals surface area contributed by atoms with Crippen molar-refractivity contribution in [2.75, 3.05) is 19.1 Å². The molecule has 0 saturated carbocycles. The Morgan fingerprint density at radius 3 is 2.33 bits per heavy atom. The average molecular weight is 464 g/mol. The molecule has 1 aliphatic heterocycles. The summed E-state index contributed by atoms with van der Waals surface area (Å²) in [7, 11) is 2.78. The number of amides is 1. The van der Waals surface area contributed by atoms with E-state index < -0.39 is 23.7 Å². The molecule has 1 amide bonds. The van der Waals surface area contributed by atoms with Crippen molar-refractivity contribution in [3.8, 4) is 5.75 Å². The van der Waals surface area contributed by atoms with E-state index >= 15 is 0 Å². The first-order valence-electron chi connectivity index (χ1n) is 9.93. The Balaban J connectivity index is 1.90. The van der Waals surface area contributed by atoms with Crippen LogP contribution in [0.2, 0.25) is 0 Å². The summed E-state index contributed by atoms with van der Waals surface area (Å²) in [4.78, 5) is 44.2. The largest absolute Gasteiger partial charge is 0.507 e. The second-order valence-electron chi connectivity index (χ2n) is 7.21. The monoisotopic (exact) mass is 464 g/mol. The zero-order chi connectivity index (χ0) is 23.7. The van der Waals surface area contributed by atoms with E-state index in [1.54, 1.807) is 55.5 Å². The number of ketones is 1. The molecule has 3 aromatic rings. The first-order valence-corrected chi connectivity index (χ1v) is 10.7.